The van der Waals surface area contributed by atoms with Crippen molar-refractivity contribution in [1.82, 2.24) is 9.88 Å². The number of hydrogen-bond acceptors (Lipinski definition) is 1. The first-order chi connectivity index (χ1) is 7.77. The predicted octanol–water partition coefficient (Wildman–Crippen LogP) is 2.73. The van der Waals surface area contributed by atoms with E-state index in [1.54, 1.807) is 0 Å². The summed E-state index contributed by atoms with van der Waals surface area (Å²) in [6.07, 6.45) is 3.40. The Hall–Kier alpha value is -1.28. The molecule has 0 amide bonds. The zero-order chi connectivity index (χ0) is 11.5. The summed E-state index contributed by atoms with van der Waals surface area (Å²) in [5.41, 5.74) is 4.22. The van der Waals surface area contributed by atoms with Gasteiger partial charge in [-0.1, -0.05) is 18.2 Å². The van der Waals surface area contributed by atoms with Crippen LogP contribution in [0.2, 0.25) is 0 Å². The third-order valence-electron chi connectivity index (χ3n) is 3.17. The van der Waals surface area contributed by atoms with Gasteiger partial charge < -0.3 is 9.88 Å². The summed E-state index contributed by atoms with van der Waals surface area (Å²) in [4.78, 5) is 0. The Labute approximate surface area is 97.3 Å². The van der Waals surface area contributed by atoms with Crippen LogP contribution in [-0.4, -0.2) is 18.2 Å². The lowest BCUT2D eigenvalue weighted by atomic mass is 10.1. The number of aryl methyl sites for hydroxylation is 2. The Morgan fingerprint density at radius 2 is 2.12 bits per heavy atom. The molecule has 16 heavy (non-hydrogen) atoms. The van der Waals surface area contributed by atoms with Crippen LogP contribution in [0.1, 0.15) is 18.1 Å². The molecule has 2 heteroatoms. The smallest absolute Gasteiger partial charge is 0.0512 e. The van der Waals surface area contributed by atoms with Gasteiger partial charge >= 0.3 is 0 Å². The first-order valence-corrected chi connectivity index (χ1v) is 5.99. The zero-order valence-corrected chi connectivity index (χ0v) is 10.4. The molecule has 0 bridgehead atoms. The van der Waals surface area contributed by atoms with E-state index < -0.39 is 0 Å². The molecule has 1 heterocycles. The molecule has 0 aliphatic rings. The van der Waals surface area contributed by atoms with Crippen LogP contribution in [0.4, 0.5) is 0 Å². The summed E-state index contributed by atoms with van der Waals surface area (Å²) >= 11 is 0. The van der Waals surface area contributed by atoms with Crippen molar-refractivity contribution in [3.63, 3.8) is 0 Å². The fraction of sp³-hybridized carbons (Fsp3) is 0.429. The average molecular weight is 216 g/mol. The van der Waals surface area contributed by atoms with Crippen molar-refractivity contribution in [3.05, 3.63) is 35.5 Å². The molecule has 0 saturated carbocycles. The maximum atomic E-state index is 3.21. The lowest BCUT2D eigenvalue weighted by Gasteiger charge is -2.03. The molecule has 86 valence electrons. The van der Waals surface area contributed by atoms with Gasteiger partial charge in [0.2, 0.25) is 0 Å². The molecule has 0 atom stereocenters. The number of fused-ring (bicyclic) bond motifs is 1. The molecule has 1 aromatic carbocycles. The third-order valence-corrected chi connectivity index (χ3v) is 3.17. The molecule has 0 saturated heterocycles. The fourth-order valence-electron chi connectivity index (χ4n) is 2.33. The minimum absolute atomic E-state index is 1.04. The maximum Gasteiger partial charge on any atom is 0.0512 e. The third kappa shape index (κ3) is 1.85. The van der Waals surface area contributed by atoms with Gasteiger partial charge in [0.05, 0.1) is 5.52 Å². The first kappa shape index (κ1) is 11.2. The van der Waals surface area contributed by atoms with Gasteiger partial charge in [0, 0.05) is 18.1 Å². The highest BCUT2D eigenvalue weighted by Crippen LogP contribution is 2.24. The van der Waals surface area contributed by atoms with E-state index in [-0.39, 0.29) is 0 Å². The Morgan fingerprint density at radius 1 is 1.31 bits per heavy atom. The van der Waals surface area contributed by atoms with Gasteiger partial charge in [0.1, 0.15) is 0 Å². The van der Waals surface area contributed by atoms with Crippen LogP contribution in [-0.2, 0) is 13.0 Å². The molecule has 2 nitrogen and oxygen atoms in total. The minimum atomic E-state index is 1.04. The van der Waals surface area contributed by atoms with Crippen molar-refractivity contribution in [2.24, 2.45) is 0 Å². The maximum absolute atomic E-state index is 3.21. The van der Waals surface area contributed by atoms with Crippen LogP contribution in [0.3, 0.4) is 0 Å². The van der Waals surface area contributed by atoms with E-state index in [4.69, 9.17) is 0 Å². The van der Waals surface area contributed by atoms with Crippen LogP contribution in [0.5, 0.6) is 0 Å². The topological polar surface area (TPSA) is 17.0 Å². The van der Waals surface area contributed by atoms with Crippen LogP contribution in [0.15, 0.2) is 24.4 Å². The molecule has 2 rings (SSSR count). The number of hydrogen-bond donors (Lipinski definition) is 1. The largest absolute Gasteiger partial charge is 0.347 e. The molecule has 0 radical (unpaired) electrons. The molecular formula is C14H20N2. The Balaban J connectivity index is 2.54. The summed E-state index contributed by atoms with van der Waals surface area (Å²) in [7, 11) is 2.00. The van der Waals surface area contributed by atoms with Crippen molar-refractivity contribution >= 4 is 10.9 Å². The number of aromatic nitrogens is 1. The van der Waals surface area contributed by atoms with Gasteiger partial charge in [-0.15, -0.1) is 0 Å². The van der Waals surface area contributed by atoms with E-state index in [9.17, 15) is 0 Å². The summed E-state index contributed by atoms with van der Waals surface area (Å²) < 4.78 is 2.36. The first-order valence-electron chi connectivity index (χ1n) is 5.99. The van der Waals surface area contributed by atoms with E-state index in [1.165, 1.54) is 22.0 Å². The highest BCUT2D eigenvalue weighted by molar-refractivity contribution is 5.86. The molecule has 0 aliphatic heterocycles. The van der Waals surface area contributed by atoms with E-state index in [0.717, 1.165) is 19.5 Å². The second-order valence-electron chi connectivity index (χ2n) is 4.26. The fourth-order valence-corrected chi connectivity index (χ4v) is 2.33. The van der Waals surface area contributed by atoms with Crippen molar-refractivity contribution in [2.75, 3.05) is 13.6 Å². The monoisotopic (exact) mass is 216 g/mol. The average Bonchev–Trinajstić information content (AvgIpc) is 2.66. The normalized spacial score (nSPS) is 11.2. The quantitative estimate of drug-likeness (QED) is 0.831. The molecule has 0 aliphatic carbocycles. The lowest BCUT2D eigenvalue weighted by Crippen LogP contribution is -2.09. The van der Waals surface area contributed by atoms with Crippen molar-refractivity contribution in [2.45, 2.75) is 26.8 Å². The molecule has 0 unspecified atom stereocenters. The second kappa shape index (κ2) is 4.71. The van der Waals surface area contributed by atoms with Gasteiger partial charge in [0.25, 0.3) is 0 Å². The number of rotatable bonds is 4. The second-order valence-corrected chi connectivity index (χ2v) is 4.26. The Kier molecular flexibility index (Phi) is 3.30. The van der Waals surface area contributed by atoms with Gasteiger partial charge in [-0.25, -0.2) is 0 Å². The number of likely N-dealkylation sites (N-methyl/N-ethyl adjacent to an activating group) is 1. The van der Waals surface area contributed by atoms with Gasteiger partial charge in [-0.3, -0.25) is 0 Å². The van der Waals surface area contributed by atoms with E-state index in [0.29, 0.717) is 0 Å². The summed E-state index contributed by atoms with van der Waals surface area (Å²) in [5, 5.41) is 4.63. The van der Waals surface area contributed by atoms with Crippen LogP contribution >= 0.6 is 0 Å². The van der Waals surface area contributed by atoms with Crippen LogP contribution in [0.25, 0.3) is 10.9 Å². The summed E-state index contributed by atoms with van der Waals surface area (Å²) in [6, 6.07) is 6.58. The van der Waals surface area contributed by atoms with Gasteiger partial charge in [-0.05, 0) is 45.0 Å². The van der Waals surface area contributed by atoms with Crippen molar-refractivity contribution < 1.29 is 0 Å². The molecule has 1 N–H and O–H groups in total. The molecule has 2 aromatic rings. The lowest BCUT2D eigenvalue weighted by molar-refractivity contribution is 0.770. The zero-order valence-electron chi connectivity index (χ0n) is 10.4. The van der Waals surface area contributed by atoms with Gasteiger partial charge in [0.15, 0.2) is 0 Å². The number of para-hydroxylation sites is 1. The summed E-state index contributed by atoms with van der Waals surface area (Å²) in [5.74, 6) is 0. The van der Waals surface area contributed by atoms with Crippen molar-refractivity contribution in [1.29, 1.82) is 0 Å². The van der Waals surface area contributed by atoms with E-state index in [1.807, 2.05) is 7.05 Å². The molecule has 0 fully saturated rings. The Bertz CT molecular complexity index is 483. The standard InChI is InChI=1S/C14H20N2/c1-4-16-10-12(8-9-15-3)13-7-5-6-11(2)14(13)16/h5-7,10,15H,4,8-9H2,1-3H3. The number of nitrogens with zero attached hydrogens (tertiary/aromatic N) is 1. The Morgan fingerprint density at radius 3 is 2.81 bits per heavy atom. The minimum Gasteiger partial charge on any atom is -0.347 e. The highest BCUT2D eigenvalue weighted by Gasteiger charge is 2.08. The SMILES string of the molecule is CCn1cc(CCNC)c2cccc(C)c21. The predicted molar refractivity (Wildman–Crippen MR) is 70.0 cm³/mol. The highest BCUT2D eigenvalue weighted by atomic mass is 15.0. The van der Waals surface area contributed by atoms with Crippen LogP contribution < -0.4 is 5.32 Å². The number of nitrogens with one attached hydrogen (secondary N) is 1. The van der Waals surface area contributed by atoms with E-state index >= 15 is 0 Å². The van der Waals surface area contributed by atoms with E-state index in [2.05, 4.69) is 48.1 Å². The molecule has 0 spiro atoms. The molecular weight excluding hydrogens is 196 g/mol. The molecule has 1 aromatic heterocycles. The van der Waals surface area contributed by atoms with Gasteiger partial charge in [-0.2, -0.15) is 0 Å². The summed E-state index contributed by atoms with van der Waals surface area (Å²) in [6.45, 7) is 6.47. The van der Waals surface area contributed by atoms with Crippen molar-refractivity contribution in [3.8, 4) is 0 Å². The number of benzene rings is 1. The van der Waals surface area contributed by atoms with Crippen LogP contribution in [0, 0.1) is 6.92 Å².